The predicted molar refractivity (Wildman–Crippen MR) is 121 cm³/mol. The van der Waals surface area contributed by atoms with Crippen LogP contribution in [0.4, 0.5) is 8.78 Å². The summed E-state index contributed by atoms with van der Waals surface area (Å²) in [4.78, 5) is 13.9. The molecule has 10 heteroatoms. The molecule has 4 rings (SSSR count). The second-order valence-corrected chi connectivity index (χ2v) is 10.6. The maximum absolute atomic E-state index is 14.4. The van der Waals surface area contributed by atoms with Gasteiger partial charge in [0, 0.05) is 38.0 Å². The van der Waals surface area contributed by atoms with Gasteiger partial charge in [-0.2, -0.15) is 4.31 Å². The van der Waals surface area contributed by atoms with Crippen LogP contribution in [0.5, 0.6) is 5.75 Å². The minimum Gasteiger partial charge on any atom is -0.493 e. The van der Waals surface area contributed by atoms with Crippen molar-refractivity contribution in [1.29, 1.82) is 0 Å². The van der Waals surface area contributed by atoms with Gasteiger partial charge in [-0.1, -0.05) is 24.3 Å². The molecule has 0 aromatic heterocycles. The third kappa shape index (κ3) is 5.39. The van der Waals surface area contributed by atoms with Crippen molar-refractivity contribution in [2.24, 2.45) is 5.41 Å². The van der Waals surface area contributed by atoms with Crippen molar-refractivity contribution in [3.63, 3.8) is 0 Å². The number of ether oxygens (including phenoxy) is 2. The molecule has 0 bridgehead atoms. The van der Waals surface area contributed by atoms with Crippen molar-refractivity contribution < 1.29 is 31.5 Å². The molecule has 0 radical (unpaired) electrons. The first-order valence-electron chi connectivity index (χ1n) is 11.3. The maximum atomic E-state index is 14.4. The fourth-order valence-electron chi connectivity index (χ4n) is 4.54. The lowest BCUT2D eigenvalue weighted by Crippen LogP contribution is -2.52. The number of hydrogen-bond acceptors (Lipinski definition) is 5. The molecule has 2 aromatic rings. The van der Waals surface area contributed by atoms with E-state index in [1.807, 2.05) is 18.2 Å². The van der Waals surface area contributed by atoms with Gasteiger partial charge in [-0.15, -0.1) is 0 Å². The fraction of sp³-hybridized carbons (Fsp3) is 0.458. The molecule has 2 heterocycles. The number of amides is 1. The smallest absolute Gasteiger partial charge is 0.248 e. The summed E-state index contributed by atoms with van der Waals surface area (Å²) in [5, 5.41) is 0. The lowest BCUT2D eigenvalue weighted by atomic mass is 9.78. The Labute approximate surface area is 198 Å². The van der Waals surface area contributed by atoms with Gasteiger partial charge in [0.2, 0.25) is 15.9 Å². The van der Waals surface area contributed by atoms with E-state index in [9.17, 15) is 22.0 Å². The summed E-state index contributed by atoms with van der Waals surface area (Å²) in [5.74, 6) is -1.79. The van der Waals surface area contributed by atoms with Gasteiger partial charge in [0.25, 0.3) is 0 Å². The molecule has 2 aliphatic heterocycles. The summed E-state index contributed by atoms with van der Waals surface area (Å²) < 4.78 is 67.7. The molecule has 2 saturated heterocycles. The third-order valence-electron chi connectivity index (χ3n) is 6.32. The first kappa shape index (κ1) is 24.6. The summed E-state index contributed by atoms with van der Waals surface area (Å²) in [6.07, 6.45) is 1.04. The minimum absolute atomic E-state index is 0.0611. The number of carbonyl (C=O) groups is 1. The number of para-hydroxylation sites is 1. The van der Waals surface area contributed by atoms with Crippen molar-refractivity contribution in [2.75, 3.05) is 46.0 Å². The molecule has 2 fully saturated rings. The van der Waals surface area contributed by atoms with Gasteiger partial charge in [0.15, 0.2) is 4.90 Å². The molecule has 1 amide bonds. The Morgan fingerprint density at radius 1 is 1.00 bits per heavy atom. The van der Waals surface area contributed by atoms with Gasteiger partial charge < -0.3 is 14.4 Å². The summed E-state index contributed by atoms with van der Waals surface area (Å²) in [5.41, 5.74) is -0.849. The highest BCUT2D eigenvalue weighted by Crippen LogP contribution is 2.38. The second kappa shape index (κ2) is 10.4. The molecule has 7 nitrogen and oxygen atoms in total. The van der Waals surface area contributed by atoms with Crippen LogP contribution in [0.15, 0.2) is 53.4 Å². The fourth-order valence-corrected chi connectivity index (χ4v) is 6.24. The lowest BCUT2D eigenvalue weighted by Gasteiger charge is -2.42. The van der Waals surface area contributed by atoms with Crippen LogP contribution in [-0.4, -0.2) is 69.5 Å². The number of piperidine rings is 1. The quantitative estimate of drug-likeness (QED) is 0.592. The van der Waals surface area contributed by atoms with E-state index in [4.69, 9.17) is 9.47 Å². The predicted octanol–water partition coefficient (Wildman–Crippen LogP) is 3.06. The Hall–Kier alpha value is -2.56. The second-order valence-electron chi connectivity index (χ2n) is 8.76. The number of rotatable bonds is 7. The Morgan fingerprint density at radius 3 is 2.35 bits per heavy atom. The van der Waals surface area contributed by atoms with E-state index in [-0.39, 0.29) is 32.0 Å². The van der Waals surface area contributed by atoms with E-state index in [2.05, 4.69) is 0 Å². The van der Waals surface area contributed by atoms with Gasteiger partial charge >= 0.3 is 0 Å². The Morgan fingerprint density at radius 2 is 1.68 bits per heavy atom. The molecule has 2 aliphatic rings. The zero-order valence-electron chi connectivity index (χ0n) is 18.8. The molecule has 1 atom stereocenters. The van der Waals surface area contributed by atoms with Crippen LogP contribution in [0.2, 0.25) is 0 Å². The SMILES string of the molecule is O=C(CC1(COc2ccccc2)CCCN(S(=O)(=O)c2c(F)cccc2F)C1)N1CCOCC1. The molecule has 0 saturated carbocycles. The average Bonchev–Trinajstić information content (AvgIpc) is 2.84. The van der Waals surface area contributed by atoms with Gasteiger partial charge in [-0.25, -0.2) is 17.2 Å². The topological polar surface area (TPSA) is 76.2 Å². The van der Waals surface area contributed by atoms with Crippen molar-refractivity contribution in [3.8, 4) is 5.75 Å². The number of halogens is 2. The monoisotopic (exact) mass is 494 g/mol. The van der Waals surface area contributed by atoms with Gasteiger partial charge in [0.05, 0.1) is 19.8 Å². The number of sulfonamides is 1. The summed E-state index contributed by atoms with van der Waals surface area (Å²) in [6.45, 7) is 1.96. The van der Waals surface area contributed by atoms with Crippen molar-refractivity contribution >= 4 is 15.9 Å². The van der Waals surface area contributed by atoms with E-state index >= 15 is 0 Å². The zero-order chi connectivity index (χ0) is 24.2. The number of nitrogens with zero attached hydrogens (tertiary/aromatic N) is 2. The van der Waals surface area contributed by atoms with E-state index < -0.39 is 32.0 Å². The Bertz CT molecular complexity index is 1090. The molecule has 1 unspecified atom stereocenters. The largest absolute Gasteiger partial charge is 0.493 e. The van der Waals surface area contributed by atoms with Crippen LogP contribution < -0.4 is 4.74 Å². The number of benzene rings is 2. The maximum Gasteiger partial charge on any atom is 0.248 e. The van der Waals surface area contributed by atoms with Crippen LogP contribution in [-0.2, 0) is 19.6 Å². The number of carbonyl (C=O) groups excluding carboxylic acids is 1. The molecule has 34 heavy (non-hydrogen) atoms. The summed E-state index contributed by atoms with van der Waals surface area (Å²) in [6, 6.07) is 12.0. The van der Waals surface area contributed by atoms with Crippen molar-refractivity contribution in [2.45, 2.75) is 24.2 Å². The van der Waals surface area contributed by atoms with E-state index in [1.54, 1.807) is 17.0 Å². The first-order chi connectivity index (χ1) is 16.3. The molecule has 184 valence electrons. The standard InChI is InChI=1S/C24H28F2N2O5S/c25-20-8-4-9-21(26)23(20)34(30,31)28-11-5-10-24(17-28,18-33-19-6-2-1-3-7-19)16-22(29)27-12-14-32-15-13-27/h1-4,6-9H,5,10-18H2. The van der Waals surface area contributed by atoms with E-state index in [0.717, 1.165) is 22.5 Å². The summed E-state index contributed by atoms with van der Waals surface area (Å²) in [7, 11) is -4.46. The van der Waals surface area contributed by atoms with E-state index in [0.29, 0.717) is 44.9 Å². The first-order valence-corrected chi connectivity index (χ1v) is 12.7. The molecule has 0 aliphatic carbocycles. The van der Waals surface area contributed by atoms with Crippen LogP contribution in [0, 0.1) is 17.0 Å². The van der Waals surface area contributed by atoms with Gasteiger partial charge in [0.1, 0.15) is 17.4 Å². The van der Waals surface area contributed by atoms with Crippen molar-refractivity contribution in [1.82, 2.24) is 9.21 Å². The zero-order valence-corrected chi connectivity index (χ0v) is 19.6. The Kier molecular flexibility index (Phi) is 7.49. The molecule has 0 spiro atoms. The van der Waals surface area contributed by atoms with Crippen LogP contribution in [0.3, 0.4) is 0 Å². The normalized spacial score (nSPS) is 21.9. The number of hydrogen-bond donors (Lipinski definition) is 0. The van der Waals surface area contributed by atoms with Gasteiger partial charge in [-0.3, -0.25) is 4.79 Å². The van der Waals surface area contributed by atoms with Gasteiger partial charge in [-0.05, 0) is 37.1 Å². The average molecular weight is 495 g/mol. The highest BCUT2D eigenvalue weighted by atomic mass is 32.2. The summed E-state index contributed by atoms with van der Waals surface area (Å²) >= 11 is 0. The highest BCUT2D eigenvalue weighted by Gasteiger charge is 2.44. The molecule has 2 aromatic carbocycles. The van der Waals surface area contributed by atoms with Crippen LogP contribution in [0.1, 0.15) is 19.3 Å². The third-order valence-corrected chi connectivity index (χ3v) is 8.22. The Balaban J connectivity index is 1.61. The van der Waals surface area contributed by atoms with Crippen LogP contribution >= 0.6 is 0 Å². The lowest BCUT2D eigenvalue weighted by molar-refractivity contribution is -0.139. The van der Waals surface area contributed by atoms with Crippen LogP contribution in [0.25, 0.3) is 0 Å². The van der Waals surface area contributed by atoms with Crippen molar-refractivity contribution in [3.05, 3.63) is 60.2 Å². The number of morpholine rings is 1. The molecule has 0 N–H and O–H groups in total. The van der Waals surface area contributed by atoms with E-state index in [1.165, 1.54) is 0 Å². The molecular weight excluding hydrogens is 466 g/mol. The molecular formula is C24H28F2N2O5S. The minimum atomic E-state index is -4.46. The highest BCUT2D eigenvalue weighted by molar-refractivity contribution is 7.89.